The van der Waals surface area contributed by atoms with Gasteiger partial charge in [-0.2, -0.15) is 0 Å². The second kappa shape index (κ2) is 4.52. The lowest BCUT2D eigenvalue weighted by atomic mass is 10.0. The predicted octanol–water partition coefficient (Wildman–Crippen LogP) is 2.26. The number of nitrogens with one attached hydrogen (secondary N) is 1. The topological polar surface area (TPSA) is 58.4 Å². The monoisotopic (exact) mass is 243 g/mol. The molecule has 18 heavy (non-hydrogen) atoms. The van der Waals surface area contributed by atoms with Crippen LogP contribution < -0.4 is 5.32 Å². The Morgan fingerprint density at radius 3 is 2.89 bits per heavy atom. The molecule has 5 heteroatoms. The first-order valence-electron chi connectivity index (χ1n) is 5.86. The minimum atomic E-state index is -0.152. The summed E-state index contributed by atoms with van der Waals surface area (Å²) >= 11 is 0. The molecule has 0 atom stereocenters. The van der Waals surface area contributed by atoms with E-state index in [0.717, 1.165) is 13.0 Å². The lowest BCUT2D eigenvalue weighted by Crippen LogP contribution is -2.38. The first-order chi connectivity index (χ1) is 8.83. The molecule has 3 rings (SSSR count). The van der Waals surface area contributed by atoms with Gasteiger partial charge in [0.15, 0.2) is 0 Å². The minimum Gasteiger partial charge on any atom is -0.338 e. The van der Waals surface area contributed by atoms with Crippen LogP contribution in [0.3, 0.4) is 0 Å². The molecule has 0 unspecified atom stereocenters. The van der Waals surface area contributed by atoms with Gasteiger partial charge < -0.3 is 9.42 Å². The zero-order valence-electron chi connectivity index (χ0n) is 9.80. The molecule has 1 aliphatic heterocycles. The number of carbonyl (C=O) groups excluding carboxylic acids is 1. The van der Waals surface area contributed by atoms with Crippen LogP contribution in [0.2, 0.25) is 0 Å². The summed E-state index contributed by atoms with van der Waals surface area (Å²) in [5, 5.41) is 6.23. The summed E-state index contributed by atoms with van der Waals surface area (Å²) in [4.78, 5) is 13.8. The van der Waals surface area contributed by atoms with Gasteiger partial charge in [0.1, 0.15) is 0 Å². The molecule has 1 N–H and O–H groups in total. The lowest BCUT2D eigenvalue weighted by molar-refractivity contribution is 0.205. The molecule has 0 saturated carbocycles. The van der Waals surface area contributed by atoms with Crippen LogP contribution >= 0.6 is 0 Å². The van der Waals surface area contributed by atoms with Gasteiger partial charge in [-0.3, -0.25) is 5.32 Å². The fraction of sp³-hybridized carbons (Fsp3) is 0.231. The lowest BCUT2D eigenvalue weighted by Gasteiger charge is -2.28. The van der Waals surface area contributed by atoms with Gasteiger partial charge >= 0.3 is 6.03 Å². The molecule has 0 fully saturated rings. The standard InChI is InChI=1S/C13H13N3O2/c17-13(15-12-5-7-14-18-12)16-8-6-10-3-1-2-4-11(10)9-16/h1-5,7H,6,8-9H2,(H,15,17). The van der Waals surface area contributed by atoms with E-state index in [9.17, 15) is 4.79 Å². The van der Waals surface area contributed by atoms with Crippen LogP contribution in [0.4, 0.5) is 10.7 Å². The first-order valence-corrected chi connectivity index (χ1v) is 5.86. The average Bonchev–Trinajstić information content (AvgIpc) is 2.91. The smallest absolute Gasteiger partial charge is 0.324 e. The maximum absolute atomic E-state index is 12.0. The Hall–Kier alpha value is -2.30. The maximum atomic E-state index is 12.0. The summed E-state index contributed by atoms with van der Waals surface area (Å²) < 4.78 is 4.86. The van der Waals surface area contributed by atoms with Gasteiger partial charge in [0, 0.05) is 19.2 Å². The number of carbonyl (C=O) groups is 1. The number of aromatic nitrogens is 1. The van der Waals surface area contributed by atoms with Crippen molar-refractivity contribution in [2.24, 2.45) is 0 Å². The van der Waals surface area contributed by atoms with Gasteiger partial charge in [-0.1, -0.05) is 29.4 Å². The molecule has 0 bridgehead atoms. The molecule has 0 spiro atoms. The van der Waals surface area contributed by atoms with Gasteiger partial charge in [-0.05, 0) is 17.5 Å². The highest BCUT2D eigenvalue weighted by atomic mass is 16.5. The molecule has 5 nitrogen and oxygen atoms in total. The number of fused-ring (bicyclic) bond motifs is 1. The van der Waals surface area contributed by atoms with Crippen molar-refractivity contribution >= 4 is 11.9 Å². The number of urea groups is 1. The van der Waals surface area contributed by atoms with Crippen molar-refractivity contribution in [2.45, 2.75) is 13.0 Å². The molecule has 1 aliphatic rings. The van der Waals surface area contributed by atoms with Crippen LogP contribution in [-0.2, 0) is 13.0 Å². The molecular formula is C13H13N3O2. The van der Waals surface area contributed by atoms with Crippen molar-refractivity contribution in [3.05, 3.63) is 47.7 Å². The molecule has 2 heterocycles. The van der Waals surface area contributed by atoms with Crippen molar-refractivity contribution in [2.75, 3.05) is 11.9 Å². The number of hydrogen-bond donors (Lipinski definition) is 1. The Labute approximate surface area is 104 Å². The van der Waals surface area contributed by atoms with E-state index in [2.05, 4.69) is 22.6 Å². The van der Waals surface area contributed by atoms with Crippen LogP contribution in [0.1, 0.15) is 11.1 Å². The zero-order chi connectivity index (χ0) is 12.4. The predicted molar refractivity (Wildman–Crippen MR) is 66.1 cm³/mol. The fourth-order valence-electron chi connectivity index (χ4n) is 2.13. The van der Waals surface area contributed by atoms with Gasteiger partial charge in [0.25, 0.3) is 0 Å². The quantitative estimate of drug-likeness (QED) is 0.835. The summed E-state index contributed by atoms with van der Waals surface area (Å²) in [6, 6.07) is 9.67. The molecule has 0 aliphatic carbocycles. The van der Waals surface area contributed by atoms with Gasteiger partial charge in [-0.15, -0.1) is 0 Å². The first kappa shape index (κ1) is 10.8. The highest BCUT2D eigenvalue weighted by molar-refractivity contribution is 5.87. The summed E-state index contributed by atoms with van der Waals surface area (Å²) in [5.74, 6) is 0.374. The van der Waals surface area contributed by atoms with Crippen LogP contribution in [0.25, 0.3) is 0 Å². The Morgan fingerprint density at radius 1 is 1.28 bits per heavy atom. The number of amides is 2. The normalized spacial score (nSPS) is 14.1. The Morgan fingerprint density at radius 2 is 2.11 bits per heavy atom. The third kappa shape index (κ3) is 2.07. The fourth-order valence-corrected chi connectivity index (χ4v) is 2.13. The molecular weight excluding hydrogens is 230 g/mol. The Balaban J connectivity index is 1.70. The van der Waals surface area contributed by atoms with Crippen molar-refractivity contribution in [3.8, 4) is 0 Å². The second-order valence-corrected chi connectivity index (χ2v) is 4.25. The number of anilines is 1. The Bertz CT molecular complexity index is 551. The van der Waals surface area contributed by atoms with E-state index in [-0.39, 0.29) is 6.03 Å². The largest absolute Gasteiger partial charge is 0.338 e. The third-order valence-corrected chi connectivity index (χ3v) is 3.09. The molecule has 92 valence electrons. The highest BCUT2D eigenvalue weighted by Gasteiger charge is 2.20. The molecule has 0 radical (unpaired) electrons. The van der Waals surface area contributed by atoms with Crippen molar-refractivity contribution in [1.29, 1.82) is 0 Å². The van der Waals surface area contributed by atoms with Gasteiger partial charge in [0.2, 0.25) is 5.88 Å². The molecule has 2 aromatic rings. The summed E-state index contributed by atoms with van der Waals surface area (Å²) in [6.45, 7) is 1.35. The van der Waals surface area contributed by atoms with E-state index in [1.165, 1.54) is 17.3 Å². The maximum Gasteiger partial charge on any atom is 0.324 e. The number of benzene rings is 1. The van der Waals surface area contributed by atoms with E-state index >= 15 is 0 Å². The van der Waals surface area contributed by atoms with Crippen molar-refractivity contribution in [1.82, 2.24) is 10.1 Å². The number of hydrogen-bond acceptors (Lipinski definition) is 3. The SMILES string of the molecule is O=C(Nc1ccno1)N1CCc2ccccc2C1. The van der Waals surface area contributed by atoms with Crippen molar-refractivity contribution < 1.29 is 9.32 Å². The van der Waals surface area contributed by atoms with Crippen molar-refractivity contribution in [3.63, 3.8) is 0 Å². The van der Waals surface area contributed by atoms with Crippen LogP contribution in [0.15, 0.2) is 41.1 Å². The number of nitrogens with zero attached hydrogens (tertiary/aromatic N) is 2. The number of rotatable bonds is 1. The third-order valence-electron chi connectivity index (χ3n) is 3.09. The molecule has 1 aromatic carbocycles. The average molecular weight is 243 g/mol. The molecule has 2 amide bonds. The van der Waals surface area contributed by atoms with Crippen LogP contribution in [0, 0.1) is 0 Å². The van der Waals surface area contributed by atoms with E-state index in [0.29, 0.717) is 12.4 Å². The summed E-state index contributed by atoms with van der Waals surface area (Å²) in [7, 11) is 0. The van der Waals surface area contributed by atoms with E-state index in [4.69, 9.17) is 4.52 Å². The van der Waals surface area contributed by atoms with Gasteiger partial charge in [0.05, 0.1) is 6.20 Å². The van der Waals surface area contributed by atoms with E-state index < -0.39 is 0 Å². The second-order valence-electron chi connectivity index (χ2n) is 4.25. The van der Waals surface area contributed by atoms with E-state index in [1.54, 1.807) is 11.0 Å². The highest BCUT2D eigenvalue weighted by Crippen LogP contribution is 2.19. The van der Waals surface area contributed by atoms with E-state index in [1.807, 2.05) is 12.1 Å². The van der Waals surface area contributed by atoms with Gasteiger partial charge in [-0.25, -0.2) is 4.79 Å². The molecule has 0 saturated heterocycles. The van der Waals surface area contributed by atoms with Crippen LogP contribution in [0.5, 0.6) is 0 Å². The zero-order valence-corrected chi connectivity index (χ0v) is 9.80. The Kier molecular flexibility index (Phi) is 2.72. The summed E-state index contributed by atoms with van der Waals surface area (Å²) in [5.41, 5.74) is 2.53. The molecule has 1 aromatic heterocycles. The summed E-state index contributed by atoms with van der Waals surface area (Å²) in [6.07, 6.45) is 2.39. The minimum absolute atomic E-state index is 0.152. The van der Waals surface area contributed by atoms with Crippen LogP contribution in [-0.4, -0.2) is 22.6 Å².